The summed E-state index contributed by atoms with van der Waals surface area (Å²) in [4.78, 5) is 0. The lowest BCUT2D eigenvalue weighted by atomic mass is 9.84. The van der Waals surface area contributed by atoms with Gasteiger partial charge in [0.1, 0.15) is 5.82 Å². The summed E-state index contributed by atoms with van der Waals surface area (Å²) in [7, 11) is 1.97. The molecule has 0 saturated heterocycles. The predicted octanol–water partition coefficient (Wildman–Crippen LogP) is 2.95. The van der Waals surface area contributed by atoms with Crippen molar-refractivity contribution in [1.82, 2.24) is 9.78 Å². The molecule has 2 rings (SSSR count). The van der Waals surface area contributed by atoms with Crippen LogP contribution in [0.1, 0.15) is 51.6 Å². The highest BCUT2D eigenvalue weighted by atomic mass is 15.3. The number of hydrogen-bond acceptors (Lipinski definition) is 3. The summed E-state index contributed by atoms with van der Waals surface area (Å²) in [5.41, 5.74) is 7.99. The third-order valence-electron chi connectivity index (χ3n) is 4.20. The molecule has 1 aromatic heterocycles. The van der Waals surface area contributed by atoms with Crippen LogP contribution in [-0.4, -0.2) is 15.8 Å². The number of nitrogen functional groups attached to an aromatic ring is 1. The van der Waals surface area contributed by atoms with E-state index in [1.54, 1.807) is 0 Å². The molecule has 0 aromatic carbocycles. The maximum absolute atomic E-state index is 6.15. The van der Waals surface area contributed by atoms with E-state index in [1.165, 1.54) is 32.1 Å². The average Bonchev–Trinajstić information content (AvgIpc) is 2.66. The molecule has 0 amide bonds. The largest absolute Gasteiger partial charge is 0.394 e. The van der Waals surface area contributed by atoms with E-state index in [-0.39, 0.29) is 0 Å². The maximum Gasteiger partial charge on any atom is 0.147 e. The Morgan fingerprint density at radius 1 is 1.39 bits per heavy atom. The van der Waals surface area contributed by atoms with Gasteiger partial charge < -0.3 is 11.1 Å². The fourth-order valence-electron chi connectivity index (χ4n) is 3.01. The van der Waals surface area contributed by atoms with Gasteiger partial charge in [-0.3, -0.25) is 4.68 Å². The molecule has 1 heterocycles. The monoisotopic (exact) mass is 250 g/mol. The lowest BCUT2D eigenvalue weighted by molar-refractivity contribution is 0.326. The topological polar surface area (TPSA) is 55.9 Å². The zero-order valence-electron chi connectivity index (χ0n) is 11.9. The van der Waals surface area contributed by atoms with E-state index in [0.717, 1.165) is 29.5 Å². The molecule has 1 saturated carbocycles. The second-order valence-corrected chi connectivity index (χ2v) is 5.47. The van der Waals surface area contributed by atoms with Crippen molar-refractivity contribution in [3.05, 3.63) is 5.69 Å². The van der Waals surface area contributed by atoms with E-state index in [9.17, 15) is 0 Å². The summed E-state index contributed by atoms with van der Waals surface area (Å²) >= 11 is 0. The Balaban J connectivity index is 2.07. The van der Waals surface area contributed by atoms with Gasteiger partial charge >= 0.3 is 0 Å². The minimum Gasteiger partial charge on any atom is -0.394 e. The van der Waals surface area contributed by atoms with Crippen LogP contribution in [0.15, 0.2) is 0 Å². The average molecular weight is 250 g/mol. The molecule has 0 radical (unpaired) electrons. The number of aryl methyl sites for hydroxylation is 2. The van der Waals surface area contributed by atoms with Gasteiger partial charge in [-0.15, -0.1) is 0 Å². The smallest absolute Gasteiger partial charge is 0.147 e. The van der Waals surface area contributed by atoms with Crippen molar-refractivity contribution >= 4 is 11.5 Å². The molecule has 2 unspecified atom stereocenters. The fourth-order valence-corrected chi connectivity index (χ4v) is 3.01. The van der Waals surface area contributed by atoms with Crippen LogP contribution in [0.5, 0.6) is 0 Å². The molecule has 1 aliphatic rings. The number of anilines is 2. The highest BCUT2D eigenvalue weighted by Gasteiger charge is 2.22. The summed E-state index contributed by atoms with van der Waals surface area (Å²) in [5.74, 6) is 1.88. The van der Waals surface area contributed by atoms with Gasteiger partial charge in [0.2, 0.25) is 0 Å². The summed E-state index contributed by atoms with van der Waals surface area (Å²) in [6.07, 6.45) is 7.42. The molecule has 1 aromatic rings. The van der Waals surface area contributed by atoms with Gasteiger partial charge in [-0.05, 0) is 25.2 Å². The standard InChI is InChI=1S/C14H26N4/c1-4-10-7-6-8-11(9-10)16-14-13(15)12(5-2)17-18(14)3/h10-11,16H,4-9,15H2,1-3H3. The molecule has 4 nitrogen and oxygen atoms in total. The molecule has 4 heteroatoms. The maximum atomic E-state index is 6.15. The molecule has 1 aliphatic carbocycles. The van der Waals surface area contributed by atoms with Crippen LogP contribution in [0.25, 0.3) is 0 Å². The van der Waals surface area contributed by atoms with Crippen LogP contribution >= 0.6 is 0 Å². The van der Waals surface area contributed by atoms with Gasteiger partial charge in [0.15, 0.2) is 0 Å². The Bertz CT molecular complexity index is 397. The van der Waals surface area contributed by atoms with Gasteiger partial charge in [0.05, 0.1) is 11.4 Å². The summed E-state index contributed by atoms with van der Waals surface area (Å²) < 4.78 is 1.89. The lowest BCUT2D eigenvalue weighted by Crippen LogP contribution is -2.28. The van der Waals surface area contributed by atoms with Crippen molar-refractivity contribution in [2.45, 2.75) is 58.4 Å². The van der Waals surface area contributed by atoms with Crippen molar-refractivity contribution in [2.24, 2.45) is 13.0 Å². The molecular weight excluding hydrogens is 224 g/mol. The first-order valence-corrected chi connectivity index (χ1v) is 7.23. The van der Waals surface area contributed by atoms with Crippen LogP contribution in [0.2, 0.25) is 0 Å². The molecule has 0 spiro atoms. The van der Waals surface area contributed by atoms with Crippen molar-refractivity contribution < 1.29 is 0 Å². The normalized spacial score (nSPS) is 24.2. The fraction of sp³-hybridized carbons (Fsp3) is 0.786. The first-order valence-electron chi connectivity index (χ1n) is 7.23. The molecule has 18 heavy (non-hydrogen) atoms. The highest BCUT2D eigenvalue weighted by molar-refractivity contribution is 5.65. The van der Waals surface area contributed by atoms with E-state index in [2.05, 4.69) is 24.3 Å². The van der Waals surface area contributed by atoms with E-state index < -0.39 is 0 Å². The quantitative estimate of drug-likeness (QED) is 0.864. The summed E-state index contributed by atoms with van der Waals surface area (Å²) in [6.45, 7) is 4.39. The second-order valence-electron chi connectivity index (χ2n) is 5.47. The van der Waals surface area contributed by atoms with Crippen LogP contribution in [-0.2, 0) is 13.5 Å². The highest BCUT2D eigenvalue weighted by Crippen LogP contribution is 2.31. The lowest BCUT2D eigenvalue weighted by Gasteiger charge is -2.29. The zero-order chi connectivity index (χ0) is 13.1. The van der Waals surface area contributed by atoms with Crippen molar-refractivity contribution in [3.8, 4) is 0 Å². The predicted molar refractivity (Wildman–Crippen MR) is 76.7 cm³/mol. The Hall–Kier alpha value is -1.19. The number of aromatic nitrogens is 2. The molecular formula is C14H26N4. The third-order valence-corrected chi connectivity index (χ3v) is 4.20. The molecule has 1 fully saturated rings. The van der Waals surface area contributed by atoms with Crippen LogP contribution < -0.4 is 11.1 Å². The van der Waals surface area contributed by atoms with Gasteiger partial charge in [0.25, 0.3) is 0 Å². The van der Waals surface area contributed by atoms with Crippen molar-refractivity contribution in [1.29, 1.82) is 0 Å². The minimum absolute atomic E-state index is 0.561. The number of nitrogens with one attached hydrogen (secondary N) is 1. The third kappa shape index (κ3) is 2.62. The Kier molecular flexibility index (Phi) is 4.15. The van der Waals surface area contributed by atoms with Crippen LogP contribution in [0, 0.1) is 5.92 Å². The Morgan fingerprint density at radius 2 is 2.17 bits per heavy atom. The van der Waals surface area contributed by atoms with Gasteiger partial charge in [-0.25, -0.2) is 0 Å². The van der Waals surface area contributed by atoms with Crippen LogP contribution in [0.4, 0.5) is 11.5 Å². The summed E-state index contributed by atoms with van der Waals surface area (Å²) in [5, 5.41) is 8.07. The van der Waals surface area contributed by atoms with Crippen molar-refractivity contribution in [2.75, 3.05) is 11.1 Å². The SMILES string of the molecule is CCc1nn(C)c(NC2CCCC(CC)C2)c1N. The van der Waals surface area contributed by atoms with Gasteiger partial charge in [-0.2, -0.15) is 5.10 Å². The molecule has 0 aliphatic heterocycles. The van der Waals surface area contributed by atoms with E-state index >= 15 is 0 Å². The molecule has 0 bridgehead atoms. The first kappa shape index (κ1) is 13.2. The number of hydrogen-bond donors (Lipinski definition) is 2. The second kappa shape index (κ2) is 5.63. The van der Waals surface area contributed by atoms with Gasteiger partial charge in [0, 0.05) is 13.1 Å². The van der Waals surface area contributed by atoms with E-state index in [1.807, 2.05) is 11.7 Å². The van der Waals surface area contributed by atoms with Crippen LogP contribution in [0.3, 0.4) is 0 Å². The van der Waals surface area contributed by atoms with Crippen molar-refractivity contribution in [3.63, 3.8) is 0 Å². The first-order chi connectivity index (χ1) is 8.65. The van der Waals surface area contributed by atoms with Gasteiger partial charge in [-0.1, -0.05) is 33.1 Å². The van der Waals surface area contributed by atoms with E-state index in [0.29, 0.717) is 6.04 Å². The number of rotatable bonds is 4. The Morgan fingerprint density at radius 3 is 2.78 bits per heavy atom. The molecule has 2 atom stereocenters. The number of nitrogens with two attached hydrogens (primary N) is 1. The minimum atomic E-state index is 0.561. The van der Waals surface area contributed by atoms with E-state index in [4.69, 9.17) is 5.73 Å². The molecule has 102 valence electrons. The zero-order valence-corrected chi connectivity index (χ0v) is 11.9. The number of nitrogens with zero attached hydrogens (tertiary/aromatic N) is 2. The Labute approximate surface area is 110 Å². The molecule has 3 N–H and O–H groups in total. The summed E-state index contributed by atoms with van der Waals surface area (Å²) in [6, 6.07) is 0.561.